The molecule has 0 saturated carbocycles. The Hall–Kier alpha value is 0.310. The smallest absolute Gasteiger partial charge is 0.0788 e. The van der Waals surface area contributed by atoms with Gasteiger partial charge < -0.3 is 5.11 Å². The topological polar surface area (TPSA) is 20.2 Å². The van der Waals surface area contributed by atoms with E-state index in [4.69, 9.17) is 0 Å². The van der Waals surface area contributed by atoms with Gasteiger partial charge in [0, 0.05) is 5.75 Å². The number of rotatable bonds is 4. The molecule has 1 aliphatic heterocycles. The standard InChI is InChI=1S/C13H26OS/c1-11(2)6-5-7-13(14)10-15-9-8-12(13,3)4/h11,14H,5-10H2,1-4H3. The minimum Gasteiger partial charge on any atom is -0.388 e. The molecule has 1 nitrogen and oxygen atoms in total. The fraction of sp³-hybridized carbons (Fsp3) is 1.00. The molecule has 0 aromatic rings. The van der Waals surface area contributed by atoms with Gasteiger partial charge in [0.05, 0.1) is 5.60 Å². The van der Waals surface area contributed by atoms with Crippen molar-refractivity contribution in [2.75, 3.05) is 11.5 Å². The minimum absolute atomic E-state index is 0.106. The van der Waals surface area contributed by atoms with E-state index in [0.717, 1.165) is 30.9 Å². The van der Waals surface area contributed by atoms with Gasteiger partial charge in [-0.25, -0.2) is 0 Å². The van der Waals surface area contributed by atoms with Crippen LogP contribution in [0.2, 0.25) is 0 Å². The maximum atomic E-state index is 10.7. The zero-order valence-corrected chi connectivity index (χ0v) is 11.5. The highest BCUT2D eigenvalue weighted by atomic mass is 32.2. The maximum Gasteiger partial charge on any atom is 0.0788 e. The molecule has 1 saturated heterocycles. The van der Waals surface area contributed by atoms with Crippen LogP contribution < -0.4 is 0 Å². The maximum absolute atomic E-state index is 10.7. The summed E-state index contributed by atoms with van der Waals surface area (Å²) in [5.41, 5.74) is -0.319. The highest BCUT2D eigenvalue weighted by Crippen LogP contribution is 2.45. The quantitative estimate of drug-likeness (QED) is 0.794. The number of hydrogen-bond donors (Lipinski definition) is 1. The second-order valence-electron chi connectivity index (χ2n) is 6.00. The summed E-state index contributed by atoms with van der Waals surface area (Å²) >= 11 is 1.91. The van der Waals surface area contributed by atoms with Crippen molar-refractivity contribution >= 4 is 11.8 Å². The molecule has 1 N–H and O–H groups in total. The Labute approximate surface area is 99.0 Å². The van der Waals surface area contributed by atoms with Crippen molar-refractivity contribution in [1.29, 1.82) is 0 Å². The van der Waals surface area contributed by atoms with Crippen LogP contribution in [0.15, 0.2) is 0 Å². The molecular formula is C13H26OS. The number of thioether (sulfide) groups is 1. The Morgan fingerprint density at radius 2 is 2.00 bits per heavy atom. The van der Waals surface area contributed by atoms with E-state index in [0.29, 0.717) is 0 Å². The molecule has 0 aromatic heterocycles. The molecule has 1 aliphatic rings. The summed E-state index contributed by atoms with van der Waals surface area (Å²) in [5, 5.41) is 10.7. The van der Waals surface area contributed by atoms with Gasteiger partial charge in [-0.15, -0.1) is 0 Å². The van der Waals surface area contributed by atoms with E-state index in [1.165, 1.54) is 12.2 Å². The lowest BCUT2D eigenvalue weighted by Gasteiger charge is -2.46. The predicted octanol–water partition coefficient (Wildman–Crippen LogP) is 3.71. The predicted molar refractivity (Wildman–Crippen MR) is 69.4 cm³/mol. The van der Waals surface area contributed by atoms with Crippen molar-refractivity contribution < 1.29 is 5.11 Å². The molecule has 0 radical (unpaired) electrons. The molecule has 90 valence electrons. The van der Waals surface area contributed by atoms with Crippen LogP contribution in [0, 0.1) is 11.3 Å². The van der Waals surface area contributed by atoms with Crippen LogP contribution in [0.25, 0.3) is 0 Å². The van der Waals surface area contributed by atoms with Crippen LogP contribution in [-0.2, 0) is 0 Å². The fourth-order valence-corrected chi connectivity index (χ4v) is 3.88. The lowest BCUT2D eigenvalue weighted by molar-refractivity contribution is -0.0602. The molecule has 0 amide bonds. The molecule has 15 heavy (non-hydrogen) atoms. The van der Waals surface area contributed by atoms with E-state index in [2.05, 4.69) is 27.7 Å². The van der Waals surface area contributed by atoms with Gasteiger partial charge in [0.1, 0.15) is 0 Å². The highest BCUT2D eigenvalue weighted by Gasteiger charge is 2.44. The molecule has 1 rings (SSSR count). The Kier molecular flexibility index (Phi) is 4.54. The average Bonchev–Trinajstić information content (AvgIpc) is 2.10. The third-order valence-corrected chi connectivity index (χ3v) is 5.02. The van der Waals surface area contributed by atoms with Crippen LogP contribution in [0.5, 0.6) is 0 Å². The van der Waals surface area contributed by atoms with Crippen LogP contribution in [0.1, 0.15) is 53.4 Å². The van der Waals surface area contributed by atoms with Crippen molar-refractivity contribution in [2.45, 2.75) is 59.0 Å². The second kappa shape index (κ2) is 5.09. The number of hydrogen-bond acceptors (Lipinski definition) is 2. The second-order valence-corrected chi connectivity index (χ2v) is 7.11. The van der Waals surface area contributed by atoms with Crippen LogP contribution in [0.4, 0.5) is 0 Å². The first-order valence-corrected chi connectivity index (χ1v) is 7.33. The Morgan fingerprint density at radius 3 is 2.53 bits per heavy atom. The summed E-state index contributed by atoms with van der Waals surface area (Å²) in [7, 11) is 0. The van der Waals surface area contributed by atoms with Crippen molar-refractivity contribution in [3.8, 4) is 0 Å². The van der Waals surface area contributed by atoms with Gasteiger partial charge in [-0.3, -0.25) is 0 Å². The lowest BCUT2D eigenvalue weighted by Crippen LogP contribution is -2.49. The van der Waals surface area contributed by atoms with Crippen LogP contribution in [-0.4, -0.2) is 22.2 Å². The minimum atomic E-state index is -0.426. The van der Waals surface area contributed by atoms with E-state index in [1.807, 2.05) is 11.8 Å². The monoisotopic (exact) mass is 230 g/mol. The van der Waals surface area contributed by atoms with Crippen LogP contribution in [0.3, 0.4) is 0 Å². The van der Waals surface area contributed by atoms with Crippen molar-refractivity contribution in [2.24, 2.45) is 11.3 Å². The van der Waals surface area contributed by atoms with Gasteiger partial charge in [-0.05, 0) is 29.9 Å². The molecule has 0 aromatic carbocycles. The molecule has 1 unspecified atom stereocenters. The molecule has 1 heterocycles. The largest absolute Gasteiger partial charge is 0.388 e. The van der Waals surface area contributed by atoms with Gasteiger partial charge >= 0.3 is 0 Å². The van der Waals surface area contributed by atoms with E-state index in [9.17, 15) is 5.11 Å². The summed E-state index contributed by atoms with van der Waals surface area (Å²) in [4.78, 5) is 0. The Balaban J connectivity index is 2.48. The molecule has 0 aliphatic carbocycles. The third kappa shape index (κ3) is 3.39. The van der Waals surface area contributed by atoms with Crippen molar-refractivity contribution in [3.05, 3.63) is 0 Å². The first-order valence-electron chi connectivity index (χ1n) is 6.17. The normalized spacial score (nSPS) is 30.8. The Bertz CT molecular complexity index is 201. The SMILES string of the molecule is CC(C)CCCC1(O)CSCCC1(C)C. The summed E-state index contributed by atoms with van der Waals surface area (Å²) in [6, 6.07) is 0. The summed E-state index contributed by atoms with van der Waals surface area (Å²) in [6.07, 6.45) is 4.53. The van der Waals surface area contributed by atoms with E-state index in [-0.39, 0.29) is 5.41 Å². The van der Waals surface area contributed by atoms with Gasteiger partial charge in [-0.1, -0.05) is 40.5 Å². The van der Waals surface area contributed by atoms with E-state index >= 15 is 0 Å². The lowest BCUT2D eigenvalue weighted by atomic mass is 9.71. The summed E-state index contributed by atoms with van der Waals surface area (Å²) in [5.74, 6) is 2.89. The number of aliphatic hydroxyl groups is 1. The molecule has 1 atom stereocenters. The molecule has 1 fully saturated rings. The van der Waals surface area contributed by atoms with Crippen molar-refractivity contribution in [3.63, 3.8) is 0 Å². The summed E-state index contributed by atoms with van der Waals surface area (Å²) in [6.45, 7) is 8.96. The van der Waals surface area contributed by atoms with E-state index < -0.39 is 5.60 Å². The zero-order chi connectivity index (χ0) is 11.5. The highest BCUT2D eigenvalue weighted by molar-refractivity contribution is 7.99. The average molecular weight is 230 g/mol. The van der Waals surface area contributed by atoms with Gasteiger partial charge in [-0.2, -0.15) is 11.8 Å². The first kappa shape index (κ1) is 13.4. The van der Waals surface area contributed by atoms with Crippen LogP contribution >= 0.6 is 11.8 Å². The van der Waals surface area contributed by atoms with Gasteiger partial charge in [0.15, 0.2) is 0 Å². The molecular weight excluding hydrogens is 204 g/mol. The van der Waals surface area contributed by atoms with E-state index in [1.54, 1.807) is 0 Å². The fourth-order valence-electron chi connectivity index (χ4n) is 2.21. The zero-order valence-electron chi connectivity index (χ0n) is 10.7. The van der Waals surface area contributed by atoms with Crippen molar-refractivity contribution in [1.82, 2.24) is 0 Å². The summed E-state index contributed by atoms with van der Waals surface area (Å²) < 4.78 is 0. The Morgan fingerprint density at radius 1 is 1.33 bits per heavy atom. The molecule has 0 spiro atoms. The van der Waals surface area contributed by atoms with Gasteiger partial charge in [0.25, 0.3) is 0 Å². The molecule has 2 heteroatoms. The first-order chi connectivity index (χ1) is 6.87. The molecule has 0 bridgehead atoms. The van der Waals surface area contributed by atoms with Gasteiger partial charge in [0.2, 0.25) is 0 Å². The third-order valence-electron chi connectivity index (χ3n) is 3.84.